The lowest BCUT2D eigenvalue weighted by atomic mass is 9.79. The van der Waals surface area contributed by atoms with E-state index < -0.39 is 0 Å². The van der Waals surface area contributed by atoms with E-state index in [4.69, 9.17) is 11.6 Å². The summed E-state index contributed by atoms with van der Waals surface area (Å²) in [4.78, 5) is 20.1. The van der Waals surface area contributed by atoms with Crippen LogP contribution in [0, 0.1) is 6.92 Å². The summed E-state index contributed by atoms with van der Waals surface area (Å²) in [6, 6.07) is 5.71. The summed E-state index contributed by atoms with van der Waals surface area (Å²) in [6.07, 6.45) is 1.67. The smallest absolute Gasteiger partial charge is 0.251 e. The number of fused-ring (bicyclic) bond motifs is 1. The lowest BCUT2D eigenvalue weighted by molar-refractivity contribution is 0.0930. The first-order valence-electron chi connectivity index (χ1n) is 7.06. The van der Waals surface area contributed by atoms with Gasteiger partial charge in [-0.15, -0.1) is 0 Å². The number of nitrogens with one attached hydrogen (secondary N) is 2. The molecule has 114 valence electrons. The number of anilines is 2. The molecule has 2 aromatic rings. The molecule has 2 N–H and O–H groups in total. The molecule has 0 atom stereocenters. The molecule has 3 rings (SSSR count). The van der Waals surface area contributed by atoms with Crippen LogP contribution in [0.1, 0.15) is 35.3 Å². The Morgan fingerprint density at radius 1 is 1.36 bits per heavy atom. The number of hydrogen-bond donors (Lipinski definition) is 2. The van der Waals surface area contributed by atoms with Gasteiger partial charge in [-0.1, -0.05) is 13.8 Å². The van der Waals surface area contributed by atoms with Crippen LogP contribution in [0.3, 0.4) is 0 Å². The van der Waals surface area contributed by atoms with Gasteiger partial charge in [0.2, 0.25) is 5.28 Å². The van der Waals surface area contributed by atoms with E-state index in [9.17, 15) is 4.79 Å². The SMILES string of the molecule is Cc1cnc(Cl)nc1Nc1ccc2c(c1)C(C)(C)CNC2=O. The van der Waals surface area contributed by atoms with Crippen molar-refractivity contribution in [2.45, 2.75) is 26.2 Å². The minimum atomic E-state index is -0.112. The predicted octanol–water partition coefficient (Wildman–Crippen LogP) is 3.20. The van der Waals surface area contributed by atoms with Crippen molar-refractivity contribution in [2.75, 3.05) is 11.9 Å². The molecule has 22 heavy (non-hydrogen) atoms. The molecule has 0 saturated carbocycles. The van der Waals surface area contributed by atoms with Gasteiger partial charge in [0, 0.05) is 35.0 Å². The van der Waals surface area contributed by atoms with E-state index in [1.807, 2.05) is 25.1 Å². The van der Waals surface area contributed by atoms with Crippen LogP contribution in [0.15, 0.2) is 24.4 Å². The Morgan fingerprint density at radius 2 is 2.14 bits per heavy atom. The fourth-order valence-corrected chi connectivity index (χ4v) is 2.69. The molecule has 0 aliphatic carbocycles. The van der Waals surface area contributed by atoms with Crippen molar-refractivity contribution in [1.82, 2.24) is 15.3 Å². The minimum absolute atomic E-state index is 0.0258. The van der Waals surface area contributed by atoms with Gasteiger partial charge < -0.3 is 10.6 Å². The highest BCUT2D eigenvalue weighted by Gasteiger charge is 2.31. The third kappa shape index (κ3) is 2.64. The maximum Gasteiger partial charge on any atom is 0.251 e. The van der Waals surface area contributed by atoms with Crippen LogP contribution < -0.4 is 10.6 Å². The number of aromatic nitrogens is 2. The topological polar surface area (TPSA) is 66.9 Å². The Bertz CT molecular complexity index is 758. The molecule has 0 saturated heterocycles. The Balaban J connectivity index is 2.00. The Hall–Kier alpha value is -2.14. The lowest BCUT2D eigenvalue weighted by Gasteiger charge is -2.32. The van der Waals surface area contributed by atoms with E-state index in [0.717, 1.165) is 22.4 Å². The summed E-state index contributed by atoms with van der Waals surface area (Å²) < 4.78 is 0. The van der Waals surface area contributed by atoms with E-state index >= 15 is 0 Å². The van der Waals surface area contributed by atoms with Gasteiger partial charge in [0.15, 0.2) is 0 Å². The largest absolute Gasteiger partial charge is 0.351 e. The number of amides is 1. The van der Waals surface area contributed by atoms with Crippen LogP contribution in [0.4, 0.5) is 11.5 Å². The lowest BCUT2D eigenvalue weighted by Crippen LogP contribution is -2.43. The van der Waals surface area contributed by atoms with Crippen molar-refractivity contribution < 1.29 is 4.79 Å². The van der Waals surface area contributed by atoms with Crippen molar-refractivity contribution in [2.24, 2.45) is 0 Å². The number of carbonyl (C=O) groups excluding carboxylic acids is 1. The zero-order valence-electron chi connectivity index (χ0n) is 12.7. The molecule has 1 aliphatic rings. The van der Waals surface area contributed by atoms with Gasteiger partial charge in [-0.25, -0.2) is 9.97 Å². The first-order chi connectivity index (χ1) is 10.4. The average Bonchev–Trinajstić information content (AvgIpc) is 2.47. The average molecular weight is 317 g/mol. The quantitative estimate of drug-likeness (QED) is 0.835. The van der Waals surface area contributed by atoms with Gasteiger partial charge in [-0.05, 0) is 42.3 Å². The summed E-state index contributed by atoms with van der Waals surface area (Å²) in [5.74, 6) is 0.639. The number of benzene rings is 1. The summed E-state index contributed by atoms with van der Waals surface area (Å²) in [5.41, 5.74) is 3.41. The van der Waals surface area contributed by atoms with E-state index in [0.29, 0.717) is 12.4 Å². The predicted molar refractivity (Wildman–Crippen MR) is 86.9 cm³/mol. The summed E-state index contributed by atoms with van der Waals surface area (Å²) in [5, 5.41) is 6.37. The molecule has 0 radical (unpaired) electrons. The standard InChI is InChI=1S/C16H17ClN4O/c1-9-7-18-15(17)21-13(9)20-10-4-5-11-12(6-10)16(2,3)8-19-14(11)22/h4-7H,8H2,1-3H3,(H,19,22)(H,18,20,21). The molecule has 0 unspecified atom stereocenters. The minimum Gasteiger partial charge on any atom is -0.351 e. The van der Waals surface area contributed by atoms with Crippen molar-refractivity contribution in [3.63, 3.8) is 0 Å². The van der Waals surface area contributed by atoms with E-state index in [1.54, 1.807) is 6.20 Å². The molecule has 1 aromatic heterocycles. The molecular weight excluding hydrogens is 300 g/mol. The molecule has 0 bridgehead atoms. The number of halogens is 1. The summed E-state index contributed by atoms with van der Waals surface area (Å²) in [6.45, 7) is 6.76. The molecular formula is C16H17ClN4O. The second-order valence-corrected chi connectivity index (χ2v) is 6.46. The fraction of sp³-hybridized carbons (Fsp3) is 0.312. The molecule has 0 spiro atoms. The second-order valence-electron chi connectivity index (χ2n) is 6.12. The van der Waals surface area contributed by atoms with Crippen LogP contribution in [-0.2, 0) is 5.41 Å². The van der Waals surface area contributed by atoms with Crippen LogP contribution >= 0.6 is 11.6 Å². The Morgan fingerprint density at radius 3 is 2.91 bits per heavy atom. The van der Waals surface area contributed by atoms with Crippen molar-refractivity contribution in [3.05, 3.63) is 46.4 Å². The maximum absolute atomic E-state index is 12.0. The third-order valence-electron chi connectivity index (χ3n) is 3.89. The molecule has 5 nitrogen and oxygen atoms in total. The van der Waals surface area contributed by atoms with Crippen LogP contribution in [0.25, 0.3) is 0 Å². The van der Waals surface area contributed by atoms with Gasteiger partial charge in [-0.2, -0.15) is 0 Å². The molecule has 1 aliphatic heterocycles. The van der Waals surface area contributed by atoms with Crippen LogP contribution in [-0.4, -0.2) is 22.4 Å². The fourth-order valence-electron chi connectivity index (χ4n) is 2.56. The number of aryl methyl sites for hydroxylation is 1. The van der Waals surface area contributed by atoms with E-state index in [-0.39, 0.29) is 16.6 Å². The third-order valence-corrected chi connectivity index (χ3v) is 4.07. The first kappa shape index (κ1) is 14.8. The van der Waals surface area contributed by atoms with Crippen molar-refractivity contribution >= 4 is 29.0 Å². The highest BCUT2D eigenvalue weighted by atomic mass is 35.5. The van der Waals surface area contributed by atoms with Crippen LogP contribution in [0.2, 0.25) is 5.28 Å². The van der Waals surface area contributed by atoms with Gasteiger partial charge in [0.1, 0.15) is 5.82 Å². The molecule has 0 fully saturated rings. The van der Waals surface area contributed by atoms with E-state index in [1.165, 1.54) is 0 Å². The number of hydrogen-bond acceptors (Lipinski definition) is 4. The normalized spacial score (nSPS) is 15.9. The summed E-state index contributed by atoms with van der Waals surface area (Å²) >= 11 is 5.85. The zero-order chi connectivity index (χ0) is 15.9. The highest BCUT2D eigenvalue weighted by Crippen LogP contribution is 2.32. The number of carbonyl (C=O) groups is 1. The van der Waals surface area contributed by atoms with Gasteiger partial charge in [0.25, 0.3) is 5.91 Å². The number of rotatable bonds is 2. The van der Waals surface area contributed by atoms with Crippen molar-refractivity contribution in [1.29, 1.82) is 0 Å². The molecule has 2 heterocycles. The molecule has 1 aromatic carbocycles. The highest BCUT2D eigenvalue weighted by molar-refractivity contribution is 6.28. The maximum atomic E-state index is 12.0. The number of nitrogens with zero attached hydrogens (tertiary/aromatic N) is 2. The van der Waals surface area contributed by atoms with Crippen molar-refractivity contribution in [3.8, 4) is 0 Å². The first-order valence-corrected chi connectivity index (χ1v) is 7.43. The monoisotopic (exact) mass is 316 g/mol. The second kappa shape index (κ2) is 5.25. The van der Waals surface area contributed by atoms with Gasteiger partial charge >= 0.3 is 0 Å². The Kier molecular flexibility index (Phi) is 3.53. The molecule has 6 heteroatoms. The summed E-state index contributed by atoms with van der Waals surface area (Å²) in [7, 11) is 0. The van der Waals surface area contributed by atoms with Gasteiger partial charge in [-0.3, -0.25) is 4.79 Å². The van der Waals surface area contributed by atoms with E-state index in [2.05, 4.69) is 34.4 Å². The Labute approximate surface area is 134 Å². The molecule has 1 amide bonds. The zero-order valence-corrected chi connectivity index (χ0v) is 13.5. The van der Waals surface area contributed by atoms with Crippen LogP contribution in [0.5, 0.6) is 0 Å². The van der Waals surface area contributed by atoms with Gasteiger partial charge in [0.05, 0.1) is 0 Å².